The van der Waals surface area contributed by atoms with Crippen molar-refractivity contribution in [2.45, 2.75) is 32.1 Å². The first-order chi connectivity index (χ1) is 11.4. The van der Waals surface area contributed by atoms with E-state index >= 15 is 0 Å². The van der Waals surface area contributed by atoms with Gasteiger partial charge >= 0.3 is 6.08 Å². The van der Waals surface area contributed by atoms with Crippen LogP contribution in [0.3, 0.4) is 0 Å². The third-order valence-electron chi connectivity index (χ3n) is 4.19. The van der Waals surface area contributed by atoms with Crippen molar-refractivity contribution in [2.24, 2.45) is 5.92 Å². The Hall–Kier alpha value is -2.29. The van der Waals surface area contributed by atoms with Crippen LogP contribution in [-0.2, 0) is 6.42 Å². The Kier molecular flexibility index (Phi) is 4.01. The smallest absolute Gasteiger partial charge is 0.400 e. The second-order valence-corrected chi connectivity index (χ2v) is 6.16. The van der Waals surface area contributed by atoms with E-state index in [1.54, 1.807) is 0 Å². The van der Waals surface area contributed by atoms with E-state index in [9.17, 15) is 0 Å². The van der Waals surface area contributed by atoms with Gasteiger partial charge in [0.15, 0.2) is 5.58 Å². The maximum absolute atomic E-state index is 5.70. The third kappa shape index (κ3) is 3.73. The van der Waals surface area contributed by atoms with Gasteiger partial charge in [-0.25, -0.2) is 0 Å². The lowest BCUT2D eigenvalue weighted by atomic mass is 10.1. The van der Waals surface area contributed by atoms with E-state index in [-0.39, 0.29) is 6.08 Å². The summed E-state index contributed by atoms with van der Waals surface area (Å²) in [5.41, 5.74) is 2.90. The number of para-hydroxylation sites is 2. The van der Waals surface area contributed by atoms with Crippen LogP contribution in [0.5, 0.6) is 11.8 Å². The maximum atomic E-state index is 5.70. The van der Waals surface area contributed by atoms with Crippen LogP contribution >= 0.6 is 0 Å². The number of aryl methyl sites for hydroxylation is 1. The molecule has 0 saturated heterocycles. The summed E-state index contributed by atoms with van der Waals surface area (Å²) in [6.45, 7) is 0. The van der Waals surface area contributed by atoms with Crippen molar-refractivity contribution in [3.8, 4) is 11.8 Å². The Morgan fingerprint density at radius 2 is 1.91 bits per heavy atom. The predicted octanol–water partition coefficient (Wildman–Crippen LogP) is 5.56. The fourth-order valence-corrected chi connectivity index (χ4v) is 2.71. The number of unbranched alkanes of at least 4 members (excludes halogenated alkanes) is 1. The van der Waals surface area contributed by atoms with E-state index in [1.165, 1.54) is 31.2 Å². The lowest BCUT2D eigenvalue weighted by Gasteiger charge is -2.04. The van der Waals surface area contributed by atoms with E-state index in [4.69, 9.17) is 9.15 Å². The van der Waals surface area contributed by atoms with Gasteiger partial charge < -0.3 is 9.15 Å². The Morgan fingerprint density at radius 3 is 2.70 bits per heavy atom. The summed E-state index contributed by atoms with van der Waals surface area (Å²) in [6.07, 6.45) is 9.15. The molecule has 0 unspecified atom stereocenters. The molecule has 1 radical (unpaired) electrons. The van der Waals surface area contributed by atoms with Gasteiger partial charge in [-0.15, -0.1) is 0 Å². The van der Waals surface area contributed by atoms with Crippen LogP contribution in [0.4, 0.5) is 0 Å². The number of hydrogen-bond acceptors (Lipinski definition) is 3. The van der Waals surface area contributed by atoms with Gasteiger partial charge in [0.1, 0.15) is 11.3 Å². The van der Waals surface area contributed by atoms with Crippen LogP contribution in [0, 0.1) is 12.3 Å². The molecule has 0 amide bonds. The molecule has 3 aromatic rings. The van der Waals surface area contributed by atoms with Crippen molar-refractivity contribution in [1.82, 2.24) is 4.98 Å². The van der Waals surface area contributed by atoms with Gasteiger partial charge in [0.25, 0.3) is 0 Å². The topological polar surface area (TPSA) is 35.3 Å². The fourth-order valence-electron chi connectivity index (χ4n) is 2.71. The first-order valence-electron chi connectivity index (χ1n) is 8.32. The van der Waals surface area contributed by atoms with Crippen molar-refractivity contribution in [3.05, 3.63) is 60.5 Å². The molecule has 4 rings (SSSR count). The van der Waals surface area contributed by atoms with Crippen LogP contribution in [0.15, 0.2) is 52.9 Å². The van der Waals surface area contributed by atoms with Gasteiger partial charge in [0.2, 0.25) is 0 Å². The quantitative estimate of drug-likeness (QED) is 0.536. The number of aromatic nitrogens is 1. The highest BCUT2D eigenvalue weighted by Gasteiger charge is 2.20. The number of nitrogens with zero attached hydrogens (tertiary/aromatic N) is 1. The van der Waals surface area contributed by atoms with Crippen LogP contribution in [0.1, 0.15) is 31.2 Å². The maximum Gasteiger partial charge on any atom is 0.400 e. The highest BCUT2D eigenvalue weighted by atomic mass is 16.6. The molecule has 1 aromatic heterocycles. The van der Waals surface area contributed by atoms with Gasteiger partial charge in [-0.3, -0.25) is 0 Å². The van der Waals surface area contributed by atoms with E-state index in [0.717, 1.165) is 29.2 Å². The summed E-state index contributed by atoms with van der Waals surface area (Å²) >= 11 is 0. The van der Waals surface area contributed by atoms with Crippen molar-refractivity contribution in [3.63, 3.8) is 0 Å². The molecule has 1 saturated carbocycles. The molecule has 3 heteroatoms. The minimum absolute atomic E-state index is 0.290. The molecule has 0 atom stereocenters. The standard InChI is InChI=1S/C20H20NO2/c1(5-15-9-10-15)2-6-16-11-13-17(14-12-16)22-20-21-18-7-3-4-8-19(18)23-20/h3-5,7-8,11-15H,1-2,6,9-10H2. The van der Waals surface area contributed by atoms with Crippen LogP contribution in [0.25, 0.3) is 11.1 Å². The molecule has 117 valence electrons. The Morgan fingerprint density at radius 1 is 1.09 bits per heavy atom. The molecular weight excluding hydrogens is 286 g/mol. The van der Waals surface area contributed by atoms with Crippen LogP contribution < -0.4 is 4.74 Å². The molecular formula is C20H20NO2. The molecule has 0 aliphatic heterocycles. The molecule has 1 fully saturated rings. The SMILES string of the molecule is [CH](CCCc1ccc(Oc2nc3ccccc3o2)cc1)C1CC1. The third-order valence-corrected chi connectivity index (χ3v) is 4.19. The van der Waals surface area contributed by atoms with Crippen molar-refractivity contribution >= 4 is 11.1 Å². The minimum atomic E-state index is 0.290. The van der Waals surface area contributed by atoms with E-state index in [1.807, 2.05) is 36.4 Å². The van der Waals surface area contributed by atoms with Crippen LogP contribution in [-0.4, -0.2) is 4.98 Å². The molecule has 2 aromatic carbocycles. The van der Waals surface area contributed by atoms with E-state index in [2.05, 4.69) is 23.5 Å². The molecule has 1 aliphatic rings. The summed E-state index contributed by atoms with van der Waals surface area (Å²) in [4.78, 5) is 4.32. The Bertz CT molecular complexity index is 739. The first-order valence-corrected chi connectivity index (χ1v) is 8.32. The summed E-state index contributed by atoms with van der Waals surface area (Å²) in [7, 11) is 0. The predicted molar refractivity (Wildman–Crippen MR) is 90.5 cm³/mol. The number of benzene rings is 2. The number of rotatable bonds is 7. The average Bonchev–Trinajstić information content (AvgIpc) is 3.31. The lowest BCUT2D eigenvalue weighted by Crippen LogP contribution is -1.88. The van der Waals surface area contributed by atoms with Gasteiger partial charge in [-0.2, -0.15) is 4.98 Å². The second-order valence-electron chi connectivity index (χ2n) is 6.16. The van der Waals surface area contributed by atoms with Gasteiger partial charge in [-0.1, -0.05) is 24.3 Å². The molecule has 0 spiro atoms. The summed E-state index contributed by atoms with van der Waals surface area (Å²) < 4.78 is 11.3. The zero-order valence-corrected chi connectivity index (χ0v) is 13.1. The highest BCUT2D eigenvalue weighted by Crippen LogP contribution is 2.33. The van der Waals surface area contributed by atoms with Gasteiger partial charge in [-0.05, 0) is 74.3 Å². The zero-order valence-electron chi connectivity index (χ0n) is 13.1. The summed E-state index contributed by atoms with van der Waals surface area (Å²) in [6, 6.07) is 15.9. The van der Waals surface area contributed by atoms with E-state index in [0.29, 0.717) is 0 Å². The normalized spacial score (nSPS) is 14.3. The molecule has 0 bridgehead atoms. The second kappa shape index (κ2) is 6.45. The minimum Gasteiger partial charge on any atom is -0.411 e. The first kappa shape index (κ1) is 14.3. The van der Waals surface area contributed by atoms with Gasteiger partial charge in [0.05, 0.1) is 0 Å². The Balaban J connectivity index is 1.33. The summed E-state index contributed by atoms with van der Waals surface area (Å²) in [5.74, 6) is 1.67. The fraction of sp³-hybridized carbons (Fsp3) is 0.300. The van der Waals surface area contributed by atoms with E-state index < -0.39 is 0 Å². The molecule has 3 nitrogen and oxygen atoms in total. The zero-order chi connectivity index (χ0) is 15.5. The number of oxazole rings is 1. The van der Waals surface area contributed by atoms with Crippen LogP contribution in [0.2, 0.25) is 0 Å². The van der Waals surface area contributed by atoms with Crippen molar-refractivity contribution in [1.29, 1.82) is 0 Å². The Labute approximate surface area is 136 Å². The molecule has 0 N–H and O–H groups in total. The lowest BCUT2D eigenvalue weighted by molar-refractivity contribution is 0.343. The highest BCUT2D eigenvalue weighted by molar-refractivity contribution is 5.72. The molecule has 23 heavy (non-hydrogen) atoms. The number of fused-ring (bicyclic) bond motifs is 1. The monoisotopic (exact) mass is 306 g/mol. The number of hydrogen-bond donors (Lipinski definition) is 0. The average molecular weight is 306 g/mol. The molecule has 1 heterocycles. The largest absolute Gasteiger partial charge is 0.411 e. The van der Waals surface area contributed by atoms with Gasteiger partial charge in [0, 0.05) is 0 Å². The molecule has 1 aliphatic carbocycles. The van der Waals surface area contributed by atoms with Crippen molar-refractivity contribution in [2.75, 3.05) is 0 Å². The number of ether oxygens (including phenoxy) is 1. The summed E-state index contributed by atoms with van der Waals surface area (Å²) in [5, 5.41) is 0. The van der Waals surface area contributed by atoms with Crippen molar-refractivity contribution < 1.29 is 9.15 Å².